The Morgan fingerprint density at radius 1 is 1.00 bits per heavy atom. The van der Waals surface area contributed by atoms with E-state index in [1.165, 1.54) is 7.05 Å². The summed E-state index contributed by atoms with van der Waals surface area (Å²) in [6, 6.07) is 19.7. The van der Waals surface area contributed by atoms with Crippen molar-refractivity contribution in [2.75, 3.05) is 0 Å². The lowest BCUT2D eigenvalue weighted by Gasteiger charge is -2.18. The molecular formula is C21H20F3N3O. The van der Waals surface area contributed by atoms with E-state index in [1.807, 2.05) is 60.7 Å². The molecule has 0 spiro atoms. The molecule has 146 valence electrons. The molecule has 2 aromatic carbocycles. The van der Waals surface area contributed by atoms with Crippen molar-refractivity contribution >= 4 is 5.91 Å². The smallest absolute Gasteiger partial charge is 0.347 e. The van der Waals surface area contributed by atoms with E-state index in [4.69, 9.17) is 0 Å². The maximum Gasteiger partial charge on any atom is 0.433 e. The van der Waals surface area contributed by atoms with Crippen LogP contribution < -0.4 is 5.32 Å². The summed E-state index contributed by atoms with van der Waals surface area (Å²) in [5.74, 6) is -0.622. The second-order valence-electron chi connectivity index (χ2n) is 6.59. The Hall–Kier alpha value is -3.09. The molecule has 0 aliphatic carbocycles. The fourth-order valence-corrected chi connectivity index (χ4v) is 3.07. The highest BCUT2D eigenvalue weighted by atomic mass is 19.4. The van der Waals surface area contributed by atoms with Crippen LogP contribution in [0.1, 0.15) is 27.3 Å². The predicted octanol–water partition coefficient (Wildman–Crippen LogP) is 4.02. The lowest BCUT2D eigenvalue weighted by Crippen LogP contribution is -2.38. The van der Waals surface area contributed by atoms with Gasteiger partial charge in [0.2, 0.25) is 0 Å². The normalized spacial score (nSPS) is 11.6. The fraction of sp³-hybridized carbons (Fsp3) is 0.238. The lowest BCUT2D eigenvalue weighted by molar-refractivity contribution is -0.143. The van der Waals surface area contributed by atoms with Crippen molar-refractivity contribution in [1.29, 1.82) is 0 Å². The summed E-state index contributed by atoms with van der Waals surface area (Å²) < 4.78 is 39.6. The molecule has 3 aromatic rings. The minimum atomic E-state index is -4.56. The van der Waals surface area contributed by atoms with Gasteiger partial charge in [0.15, 0.2) is 5.69 Å². The molecule has 0 aliphatic rings. The quantitative estimate of drug-likeness (QED) is 0.694. The SMILES string of the molecule is Cn1nc(C(=O)NC(Cc2ccccc2)Cc2ccccc2)cc1C(F)(F)F. The van der Waals surface area contributed by atoms with Crippen molar-refractivity contribution in [2.45, 2.75) is 25.1 Å². The van der Waals surface area contributed by atoms with Gasteiger partial charge in [-0.1, -0.05) is 60.7 Å². The monoisotopic (exact) mass is 387 g/mol. The van der Waals surface area contributed by atoms with Gasteiger partial charge >= 0.3 is 6.18 Å². The van der Waals surface area contributed by atoms with Crippen molar-refractivity contribution in [2.24, 2.45) is 7.05 Å². The number of nitrogens with one attached hydrogen (secondary N) is 1. The zero-order valence-electron chi connectivity index (χ0n) is 15.3. The highest BCUT2D eigenvalue weighted by Gasteiger charge is 2.35. The summed E-state index contributed by atoms with van der Waals surface area (Å²) in [7, 11) is 1.17. The molecule has 3 rings (SSSR count). The average Bonchev–Trinajstić information content (AvgIpc) is 3.06. The summed E-state index contributed by atoms with van der Waals surface area (Å²) in [6.45, 7) is 0. The summed E-state index contributed by atoms with van der Waals surface area (Å²) >= 11 is 0. The van der Waals surface area contributed by atoms with Crippen LogP contribution in [-0.2, 0) is 26.1 Å². The first-order valence-corrected chi connectivity index (χ1v) is 8.83. The van der Waals surface area contributed by atoms with Crippen molar-refractivity contribution < 1.29 is 18.0 Å². The second-order valence-corrected chi connectivity index (χ2v) is 6.59. The molecule has 0 fully saturated rings. The lowest BCUT2D eigenvalue weighted by atomic mass is 9.99. The van der Waals surface area contributed by atoms with E-state index in [0.717, 1.165) is 17.2 Å². The molecule has 1 amide bonds. The number of aromatic nitrogens is 2. The van der Waals surface area contributed by atoms with Crippen molar-refractivity contribution in [3.05, 3.63) is 89.2 Å². The number of amides is 1. The van der Waals surface area contributed by atoms with Crippen LogP contribution in [0.4, 0.5) is 13.2 Å². The third-order valence-electron chi connectivity index (χ3n) is 4.39. The highest BCUT2D eigenvalue weighted by Crippen LogP contribution is 2.29. The van der Waals surface area contributed by atoms with Gasteiger partial charge < -0.3 is 5.32 Å². The molecule has 0 atom stereocenters. The van der Waals surface area contributed by atoms with Crippen LogP contribution in [-0.4, -0.2) is 21.7 Å². The number of nitrogens with zero attached hydrogens (tertiary/aromatic N) is 2. The Balaban J connectivity index is 1.79. The summed E-state index contributed by atoms with van der Waals surface area (Å²) in [6.07, 6.45) is -3.45. The Morgan fingerprint density at radius 2 is 1.50 bits per heavy atom. The van der Waals surface area contributed by atoms with Gasteiger partial charge in [-0.05, 0) is 24.0 Å². The van der Waals surface area contributed by atoms with Crippen LogP contribution in [0.15, 0.2) is 66.7 Å². The zero-order chi connectivity index (χ0) is 20.1. The number of halogens is 3. The van der Waals surface area contributed by atoms with Gasteiger partial charge in [0.1, 0.15) is 5.69 Å². The Kier molecular flexibility index (Phi) is 5.82. The summed E-state index contributed by atoms with van der Waals surface area (Å²) in [5, 5.41) is 6.57. The first-order chi connectivity index (χ1) is 13.3. The molecular weight excluding hydrogens is 367 g/mol. The molecule has 28 heavy (non-hydrogen) atoms. The second kappa shape index (κ2) is 8.29. The Bertz CT molecular complexity index is 880. The third-order valence-corrected chi connectivity index (χ3v) is 4.39. The summed E-state index contributed by atoms with van der Waals surface area (Å²) in [4.78, 5) is 12.6. The first-order valence-electron chi connectivity index (χ1n) is 8.83. The Labute approximate surface area is 161 Å². The number of rotatable bonds is 6. The van der Waals surface area contributed by atoms with E-state index in [1.54, 1.807) is 0 Å². The summed E-state index contributed by atoms with van der Waals surface area (Å²) in [5.41, 5.74) is 0.850. The maximum atomic E-state index is 13.0. The zero-order valence-corrected chi connectivity index (χ0v) is 15.3. The predicted molar refractivity (Wildman–Crippen MR) is 99.8 cm³/mol. The largest absolute Gasteiger partial charge is 0.433 e. The maximum absolute atomic E-state index is 13.0. The van der Waals surface area contributed by atoms with E-state index < -0.39 is 17.8 Å². The van der Waals surface area contributed by atoms with Crippen LogP contribution in [0.2, 0.25) is 0 Å². The van der Waals surface area contributed by atoms with E-state index in [9.17, 15) is 18.0 Å². The topological polar surface area (TPSA) is 46.9 Å². The number of benzene rings is 2. The van der Waals surface area contributed by atoms with Gasteiger partial charge in [0.25, 0.3) is 5.91 Å². The van der Waals surface area contributed by atoms with Crippen molar-refractivity contribution in [3.63, 3.8) is 0 Å². The molecule has 1 heterocycles. The molecule has 0 bridgehead atoms. The molecule has 0 radical (unpaired) electrons. The number of hydrogen-bond donors (Lipinski definition) is 1. The molecule has 0 aliphatic heterocycles. The molecule has 7 heteroatoms. The Morgan fingerprint density at radius 3 is 1.93 bits per heavy atom. The van der Waals surface area contributed by atoms with Crippen molar-refractivity contribution in [1.82, 2.24) is 15.1 Å². The van der Waals surface area contributed by atoms with Gasteiger partial charge in [0.05, 0.1) is 0 Å². The van der Waals surface area contributed by atoms with Crippen LogP contribution in [0.5, 0.6) is 0 Å². The van der Waals surface area contributed by atoms with Gasteiger partial charge in [0, 0.05) is 19.2 Å². The number of hydrogen-bond acceptors (Lipinski definition) is 2. The van der Waals surface area contributed by atoms with Gasteiger partial charge in [-0.2, -0.15) is 18.3 Å². The van der Waals surface area contributed by atoms with E-state index >= 15 is 0 Å². The van der Waals surface area contributed by atoms with Crippen LogP contribution in [0.3, 0.4) is 0 Å². The van der Waals surface area contributed by atoms with E-state index in [-0.39, 0.29) is 11.7 Å². The van der Waals surface area contributed by atoms with Gasteiger partial charge in [-0.25, -0.2) is 0 Å². The van der Waals surface area contributed by atoms with Gasteiger partial charge in [-0.15, -0.1) is 0 Å². The molecule has 1 N–H and O–H groups in total. The molecule has 0 saturated carbocycles. The first kappa shape index (κ1) is 19.7. The third kappa shape index (κ3) is 5.00. The fourth-order valence-electron chi connectivity index (χ4n) is 3.07. The van der Waals surface area contributed by atoms with E-state index in [2.05, 4.69) is 10.4 Å². The number of carbonyl (C=O) groups excluding carboxylic acids is 1. The molecule has 0 unspecified atom stereocenters. The van der Waals surface area contributed by atoms with E-state index in [0.29, 0.717) is 17.5 Å². The van der Waals surface area contributed by atoms with Crippen LogP contribution >= 0.6 is 0 Å². The highest BCUT2D eigenvalue weighted by molar-refractivity contribution is 5.92. The number of aryl methyl sites for hydroxylation is 1. The standard InChI is InChI=1S/C21H20F3N3O/c1-27-19(21(22,23)24)14-18(26-27)20(28)25-17(12-15-8-4-2-5-9-15)13-16-10-6-3-7-11-16/h2-11,14,17H,12-13H2,1H3,(H,25,28). The number of carbonyl (C=O) groups is 1. The average molecular weight is 387 g/mol. The van der Waals surface area contributed by atoms with Crippen LogP contribution in [0.25, 0.3) is 0 Å². The van der Waals surface area contributed by atoms with Gasteiger partial charge in [-0.3, -0.25) is 9.48 Å². The molecule has 4 nitrogen and oxygen atoms in total. The molecule has 0 saturated heterocycles. The molecule has 1 aromatic heterocycles. The minimum Gasteiger partial charge on any atom is -0.347 e. The van der Waals surface area contributed by atoms with Crippen molar-refractivity contribution in [3.8, 4) is 0 Å². The van der Waals surface area contributed by atoms with Crippen LogP contribution in [0, 0.1) is 0 Å². The minimum absolute atomic E-state index is 0.249. The number of alkyl halides is 3.